The second-order valence-corrected chi connectivity index (χ2v) is 5.34. The summed E-state index contributed by atoms with van der Waals surface area (Å²) in [6.45, 7) is 1.88. The number of carbonyl (C=O) groups is 2. The third kappa shape index (κ3) is 2.59. The summed E-state index contributed by atoms with van der Waals surface area (Å²) in [7, 11) is 0. The maximum absolute atomic E-state index is 11.9. The highest BCUT2D eigenvalue weighted by molar-refractivity contribution is 7.15. The average Bonchev–Trinajstić information content (AvgIpc) is 2.85. The number of carbonyl (C=O) groups excluding carboxylic acids is 1. The summed E-state index contributed by atoms with van der Waals surface area (Å²) >= 11 is 1.31. The number of hydrogen-bond donors (Lipinski definition) is 3. The summed E-state index contributed by atoms with van der Waals surface area (Å²) < 4.78 is 0. The lowest BCUT2D eigenvalue weighted by Crippen LogP contribution is -2.43. The Morgan fingerprint density at radius 3 is 2.89 bits per heavy atom. The van der Waals surface area contributed by atoms with Crippen LogP contribution in [0.3, 0.4) is 0 Å². The number of aliphatic carboxylic acids is 1. The lowest BCUT2D eigenvalue weighted by Gasteiger charge is -2.20. The van der Waals surface area contributed by atoms with Gasteiger partial charge in [-0.1, -0.05) is 0 Å². The molecule has 18 heavy (non-hydrogen) atoms. The van der Waals surface area contributed by atoms with Gasteiger partial charge in [-0.05, 0) is 6.92 Å². The van der Waals surface area contributed by atoms with Crippen molar-refractivity contribution in [2.45, 2.75) is 25.5 Å². The van der Waals surface area contributed by atoms with Gasteiger partial charge in [0.15, 0.2) is 5.13 Å². The van der Waals surface area contributed by atoms with E-state index in [0.29, 0.717) is 5.13 Å². The zero-order valence-corrected chi connectivity index (χ0v) is 10.5. The maximum Gasteiger partial charge on any atom is 0.326 e. The molecule has 2 atom stereocenters. The molecule has 1 aliphatic rings. The molecular formula is C10H13N3O4S. The van der Waals surface area contributed by atoms with Crippen molar-refractivity contribution < 1.29 is 19.8 Å². The Hall–Kier alpha value is -1.67. The minimum Gasteiger partial charge on any atom is -0.480 e. The van der Waals surface area contributed by atoms with Crippen molar-refractivity contribution in [3.63, 3.8) is 0 Å². The minimum atomic E-state index is -1.11. The van der Waals surface area contributed by atoms with Gasteiger partial charge in [-0.2, -0.15) is 0 Å². The number of likely N-dealkylation sites (tertiary alicyclic amines) is 1. The summed E-state index contributed by atoms with van der Waals surface area (Å²) in [5, 5.41) is 21.4. The van der Waals surface area contributed by atoms with E-state index in [2.05, 4.69) is 10.3 Å². The van der Waals surface area contributed by atoms with Crippen molar-refractivity contribution in [1.29, 1.82) is 0 Å². The molecule has 7 nitrogen and oxygen atoms in total. The zero-order chi connectivity index (χ0) is 13.3. The van der Waals surface area contributed by atoms with Gasteiger partial charge in [-0.15, -0.1) is 11.3 Å². The van der Waals surface area contributed by atoms with Gasteiger partial charge in [0.05, 0.1) is 6.10 Å². The molecule has 0 radical (unpaired) electrons. The Morgan fingerprint density at radius 2 is 2.33 bits per heavy atom. The number of aliphatic hydroxyl groups excluding tert-OH is 1. The van der Waals surface area contributed by atoms with Crippen LogP contribution >= 0.6 is 11.3 Å². The molecule has 0 unspecified atom stereocenters. The fourth-order valence-corrected chi connectivity index (χ4v) is 2.50. The molecule has 1 saturated heterocycles. The Bertz CT molecular complexity index is 475. The summed E-state index contributed by atoms with van der Waals surface area (Å²) in [5.41, 5.74) is 0. The van der Waals surface area contributed by atoms with Crippen LogP contribution in [-0.2, 0) is 4.79 Å². The van der Waals surface area contributed by atoms with Crippen LogP contribution in [0.5, 0.6) is 0 Å². The van der Waals surface area contributed by atoms with Crippen LogP contribution in [0.25, 0.3) is 0 Å². The number of β-amino-alcohol motifs (C(OH)–C–C–N with tert-alkyl or cyclic N) is 1. The Labute approximate surface area is 107 Å². The van der Waals surface area contributed by atoms with Crippen LogP contribution in [0.1, 0.15) is 11.3 Å². The van der Waals surface area contributed by atoms with Gasteiger partial charge in [-0.25, -0.2) is 14.6 Å². The highest BCUT2D eigenvalue weighted by Crippen LogP contribution is 2.21. The molecule has 1 aromatic rings. The lowest BCUT2D eigenvalue weighted by molar-refractivity contribution is -0.141. The Morgan fingerprint density at radius 1 is 1.61 bits per heavy atom. The molecule has 1 aromatic heterocycles. The first-order valence-corrected chi connectivity index (χ1v) is 6.20. The van der Waals surface area contributed by atoms with Crippen LogP contribution in [0.2, 0.25) is 0 Å². The molecule has 0 spiro atoms. The third-order valence-corrected chi connectivity index (χ3v) is 3.49. The maximum atomic E-state index is 11.9. The number of aromatic nitrogens is 1. The number of rotatable bonds is 2. The Kier molecular flexibility index (Phi) is 3.48. The van der Waals surface area contributed by atoms with Crippen LogP contribution in [0.15, 0.2) is 6.20 Å². The molecule has 1 aliphatic heterocycles. The van der Waals surface area contributed by atoms with E-state index in [0.717, 1.165) is 9.78 Å². The van der Waals surface area contributed by atoms with Gasteiger partial charge >= 0.3 is 12.0 Å². The number of anilines is 1. The predicted octanol–water partition coefficient (Wildman–Crippen LogP) is 0.503. The van der Waals surface area contributed by atoms with Gasteiger partial charge < -0.3 is 15.1 Å². The van der Waals surface area contributed by atoms with Crippen molar-refractivity contribution in [1.82, 2.24) is 9.88 Å². The van der Waals surface area contributed by atoms with E-state index in [9.17, 15) is 14.7 Å². The molecule has 1 fully saturated rings. The molecule has 0 aliphatic carbocycles. The van der Waals surface area contributed by atoms with Gasteiger partial charge in [0.1, 0.15) is 6.04 Å². The smallest absolute Gasteiger partial charge is 0.326 e. The number of thiazole rings is 1. The third-order valence-electron chi connectivity index (χ3n) is 2.66. The van der Waals surface area contributed by atoms with Crippen molar-refractivity contribution in [3.05, 3.63) is 11.1 Å². The molecule has 2 heterocycles. The van der Waals surface area contributed by atoms with Crippen LogP contribution in [0, 0.1) is 6.92 Å². The monoisotopic (exact) mass is 271 g/mol. The first-order valence-electron chi connectivity index (χ1n) is 5.38. The molecule has 3 N–H and O–H groups in total. The van der Waals surface area contributed by atoms with Gasteiger partial charge in [0.2, 0.25) is 0 Å². The van der Waals surface area contributed by atoms with E-state index in [1.165, 1.54) is 11.3 Å². The molecule has 2 amide bonds. The quantitative estimate of drug-likeness (QED) is 0.727. The van der Waals surface area contributed by atoms with Crippen molar-refractivity contribution >= 4 is 28.5 Å². The predicted molar refractivity (Wildman–Crippen MR) is 64.6 cm³/mol. The van der Waals surface area contributed by atoms with Crippen molar-refractivity contribution in [2.24, 2.45) is 0 Å². The fraction of sp³-hybridized carbons (Fsp3) is 0.500. The molecule has 8 heteroatoms. The number of nitrogens with zero attached hydrogens (tertiary/aromatic N) is 2. The van der Waals surface area contributed by atoms with Crippen LogP contribution < -0.4 is 5.32 Å². The van der Waals surface area contributed by atoms with E-state index >= 15 is 0 Å². The van der Waals surface area contributed by atoms with E-state index < -0.39 is 24.1 Å². The van der Waals surface area contributed by atoms with Gasteiger partial charge in [-0.3, -0.25) is 5.32 Å². The first kappa shape index (κ1) is 12.8. The SMILES string of the molecule is Cc1cnc(NC(=O)N2C[C@H](O)C[C@@H]2C(=O)O)s1. The second-order valence-electron chi connectivity index (χ2n) is 4.10. The number of amides is 2. The van der Waals surface area contributed by atoms with E-state index in [-0.39, 0.29) is 13.0 Å². The lowest BCUT2D eigenvalue weighted by atomic mass is 10.2. The molecular weight excluding hydrogens is 258 g/mol. The Balaban J connectivity index is 2.06. The summed E-state index contributed by atoms with van der Waals surface area (Å²) in [6, 6.07) is -1.53. The molecule has 0 aromatic carbocycles. The first-order chi connectivity index (χ1) is 8.47. The minimum absolute atomic E-state index is 0.0210. The standard InChI is InChI=1S/C10H13N3O4S/c1-5-3-11-9(18-5)12-10(17)13-4-6(14)2-7(13)8(15)16/h3,6-7,14H,2,4H2,1H3,(H,15,16)(H,11,12,17)/t6-,7-/m1/s1. The molecule has 0 saturated carbocycles. The number of carboxylic acids is 1. The number of aryl methyl sites for hydroxylation is 1. The number of urea groups is 1. The van der Waals surface area contributed by atoms with E-state index in [4.69, 9.17) is 5.11 Å². The van der Waals surface area contributed by atoms with E-state index in [1.54, 1.807) is 6.20 Å². The van der Waals surface area contributed by atoms with Crippen molar-refractivity contribution in [3.8, 4) is 0 Å². The van der Waals surface area contributed by atoms with Crippen LogP contribution in [0.4, 0.5) is 9.93 Å². The highest BCUT2D eigenvalue weighted by atomic mass is 32.1. The number of carboxylic acid groups (broad SMARTS) is 1. The normalized spacial score (nSPS) is 23.1. The number of hydrogen-bond acceptors (Lipinski definition) is 5. The van der Waals surface area contributed by atoms with Gasteiger partial charge in [0, 0.05) is 24.0 Å². The molecule has 2 rings (SSSR count). The summed E-state index contributed by atoms with van der Waals surface area (Å²) in [4.78, 5) is 28.9. The van der Waals surface area contributed by atoms with Crippen molar-refractivity contribution in [2.75, 3.05) is 11.9 Å². The topological polar surface area (TPSA) is 103 Å². The zero-order valence-electron chi connectivity index (χ0n) is 9.66. The molecule has 0 bridgehead atoms. The van der Waals surface area contributed by atoms with Crippen LogP contribution in [-0.4, -0.2) is 50.8 Å². The second kappa shape index (κ2) is 4.91. The largest absolute Gasteiger partial charge is 0.480 e. The molecule has 98 valence electrons. The number of nitrogens with one attached hydrogen (secondary N) is 1. The van der Waals surface area contributed by atoms with E-state index in [1.807, 2.05) is 6.92 Å². The summed E-state index contributed by atoms with van der Waals surface area (Å²) in [6.07, 6.45) is 0.878. The fourth-order valence-electron chi connectivity index (χ4n) is 1.85. The number of aliphatic hydroxyl groups is 1. The van der Waals surface area contributed by atoms with Gasteiger partial charge in [0.25, 0.3) is 0 Å². The summed E-state index contributed by atoms with van der Waals surface area (Å²) in [5.74, 6) is -1.11. The highest BCUT2D eigenvalue weighted by Gasteiger charge is 2.39. The average molecular weight is 271 g/mol.